The van der Waals surface area contributed by atoms with Crippen molar-refractivity contribution in [2.45, 2.75) is 91.9 Å². The van der Waals surface area contributed by atoms with Gasteiger partial charge in [0.1, 0.15) is 23.0 Å². The fraction of sp³-hybridized carbons (Fsp3) is 0.310. The Morgan fingerprint density at radius 1 is 0.541 bits per heavy atom. The predicted octanol–water partition coefficient (Wildman–Crippen LogP) is 11.6. The molecule has 8 bridgehead atoms. The van der Waals surface area contributed by atoms with Gasteiger partial charge < -0.3 is 29.2 Å². The van der Waals surface area contributed by atoms with Crippen LogP contribution in [0, 0.1) is 20.2 Å². The highest BCUT2D eigenvalue weighted by Gasteiger charge is 2.27. The van der Waals surface area contributed by atoms with Crippen LogP contribution in [0.15, 0.2) is 107 Å². The first-order valence-corrected chi connectivity index (χ1v) is 24.3. The molecule has 6 aromatic carbocycles. The molecular formula is C58H60N4O12. The van der Waals surface area contributed by atoms with Crippen molar-refractivity contribution in [3.8, 4) is 23.0 Å². The second-order valence-electron chi connectivity index (χ2n) is 20.1. The molecule has 7 rings (SSSR count). The zero-order valence-electron chi connectivity index (χ0n) is 42.8. The molecule has 0 radical (unpaired) electrons. The molecule has 0 amide bonds. The molecule has 16 heteroatoms. The van der Waals surface area contributed by atoms with Crippen LogP contribution >= 0.6 is 0 Å². The Bertz CT molecular complexity index is 2890. The lowest BCUT2D eigenvalue weighted by atomic mass is 9.81. The summed E-state index contributed by atoms with van der Waals surface area (Å²) in [6.07, 6.45) is 3.24. The topological polar surface area (TPSA) is 223 Å². The number of aromatic hydroxyl groups is 2. The van der Waals surface area contributed by atoms with E-state index in [0.29, 0.717) is 78.5 Å². The molecule has 74 heavy (non-hydrogen) atoms. The van der Waals surface area contributed by atoms with Crippen LogP contribution in [0.5, 0.6) is 23.0 Å². The Hall–Kier alpha value is -8.40. The Morgan fingerprint density at radius 3 is 1.15 bits per heavy atom. The number of carbonyl (C=O) groups is 2. The summed E-state index contributed by atoms with van der Waals surface area (Å²) in [6, 6.07) is 26.9. The van der Waals surface area contributed by atoms with E-state index in [9.17, 15) is 40.0 Å². The Kier molecular flexibility index (Phi) is 16.3. The molecule has 6 aromatic rings. The normalized spacial score (nSPS) is 12.6. The van der Waals surface area contributed by atoms with E-state index >= 15 is 0 Å². The number of non-ortho nitro benzene ring substituents is 2. The average Bonchev–Trinajstić information content (AvgIpc) is 3.34. The first-order valence-electron chi connectivity index (χ1n) is 24.3. The number of fused-ring (bicyclic) bond motifs is 8. The van der Waals surface area contributed by atoms with Crippen LogP contribution < -0.4 is 9.47 Å². The van der Waals surface area contributed by atoms with Gasteiger partial charge in [0, 0.05) is 84.6 Å². The molecule has 1 aliphatic carbocycles. The quantitative estimate of drug-likeness (QED) is 0.0449. The number of nitro groups is 2. The van der Waals surface area contributed by atoms with Crippen LogP contribution in [0.3, 0.4) is 0 Å². The van der Waals surface area contributed by atoms with Crippen LogP contribution in [0.2, 0.25) is 0 Å². The second kappa shape index (κ2) is 22.6. The highest BCUT2D eigenvalue weighted by atomic mass is 16.6. The molecule has 16 nitrogen and oxygen atoms in total. The highest BCUT2D eigenvalue weighted by Crippen LogP contribution is 2.43. The van der Waals surface area contributed by atoms with E-state index < -0.39 is 45.8 Å². The highest BCUT2D eigenvalue weighted by molar-refractivity contribution is 5.84. The lowest BCUT2D eigenvalue weighted by Gasteiger charge is -2.26. The smallest absolute Gasteiger partial charge is 0.344 e. The third-order valence-electron chi connectivity index (χ3n) is 12.4. The summed E-state index contributed by atoms with van der Waals surface area (Å²) in [5.41, 5.74) is 6.60. The summed E-state index contributed by atoms with van der Waals surface area (Å²) >= 11 is 0. The Labute approximate surface area is 429 Å². The number of hydrogen-bond acceptors (Lipinski definition) is 14. The Balaban J connectivity index is 1.54. The zero-order chi connectivity index (χ0) is 53.5. The molecule has 384 valence electrons. The number of benzene rings is 6. The summed E-state index contributed by atoms with van der Waals surface area (Å²) in [5.74, 6) is -0.671. The lowest BCUT2D eigenvalue weighted by Crippen LogP contribution is -2.18. The third kappa shape index (κ3) is 13.2. The van der Waals surface area contributed by atoms with Crippen molar-refractivity contribution in [3.63, 3.8) is 0 Å². The second-order valence-corrected chi connectivity index (χ2v) is 20.1. The summed E-state index contributed by atoms with van der Waals surface area (Å²) in [6.45, 7) is 15.1. The monoisotopic (exact) mass is 1000 g/mol. The summed E-state index contributed by atoms with van der Waals surface area (Å²) < 4.78 is 23.5. The molecule has 0 saturated heterocycles. The van der Waals surface area contributed by atoms with Crippen LogP contribution in [0.1, 0.15) is 122 Å². The largest absolute Gasteiger partial charge is 0.507 e. The van der Waals surface area contributed by atoms with Gasteiger partial charge in [-0.2, -0.15) is 0 Å². The van der Waals surface area contributed by atoms with Crippen LogP contribution in [-0.4, -0.2) is 70.9 Å². The number of ether oxygens (including phenoxy) is 4. The van der Waals surface area contributed by atoms with Gasteiger partial charge >= 0.3 is 11.9 Å². The standard InChI is InChI=1S/C58H60N4O12/c1-9-71-51(63)33-73-55-41-19-37-27-47(59-31-35-13-11-15-49(17-35)61(67)68)29-39(53(37)65)21-43-25-46(58(6,7)8)26-44(56(43)74-34-52(64)72-10-2)22-40-30-48(60-32-36-14-12-16-50(18-36)62(69)70)28-38(54(40)66)20-42(55)24-45(23-41)57(3,4)5/h11-18,23-32,65-66H,9-10,19-22,33-34H2,1-8H3. The Morgan fingerprint density at radius 2 is 0.865 bits per heavy atom. The zero-order valence-corrected chi connectivity index (χ0v) is 42.8. The molecule has 0 fully saturated rings. The van der Waals surface area contributed by atoms with E-state index in [4.69, 9.17) is 28.9 Å². The minimum absolute atomic E-state index is 0.0539. The average molecular weight is 1010 g/mol. The van der Waals surface area contributed by atoms with Crippen molar-refractivity contribution in [2.75, 3.05) is 26.4 Å². The van der Waals surface area contributed by atoms with E-state index in [-0.39, 0.29) is 61.8 Å². The predicted molar refractivity (Wildman–Crippen MR) is 283 cm³/mol. The minimum atomic E-state index is -0.603. The van der Waals surface area contributed by atoms with E-state index in [1.165, 1.54) is 36.7 Å². The van der Waals surface area contributed by atoms with Crippen LogP contribution in [0.25, 0.3) is 0 Å². The molecule has 2 N–H and O–H groups in total. The van der Waals surface area contributed by atoms with Gasteiger partial charge in [0.25, 0.3) is 11.4 Å². The molecule has 0 aromatic heterocycles. The van der Waals surface area contributed by atoms with Gasteiger partial charge in [0.2, 0.25) is 0 Å². The molecule has 0 aliphatic heterocycles. The summed E-state index contributed by atoms with van der Waals surface area (Å²) in [4.78, 5) is 58.0. The third-order valence-corrected chi connectivity index (χ3v) is 12.4. The maximum atomic E-state index is 13.0. The minimum Gasteiger partial charge on any atom is -0.507 e. The van der Waals surface area contributed by atoms with Gasteiger partial charge in [-0.05, 0) is 93.5 Å². The lowest BCUT2D eigenvalue weighted by molar-refractivity contribution is -0.385. The van der Waals surface area contributed by atoms with Crippen molar-refractivity contribution < 1.29 is 48.6 Å². The van der Waals surface area contributed by atoms with Crippen molar-refractivity contribution in [1.29, 1.82) is 0 Å². The number of nitro benzene ring substituents is 2. The van der Waals surface area contributed by atoms with Crippen molar-refractivity contribution in [3.05, 3.63) is 184 Å². The van der Waals surface area contributed by atoms with Gasteiger partial charge in [0.05, 0.1) is 34.4 Å². The SMILES string of the molecule is CCOC(=O)COc1c2cc(C(C)(C)C)cc1Cc1cc(N=Cc3cccc([N+](=O)[O-])c3)cc(c1O)Cc1cc(C(C)(C)C)cc(c1OCC(=O)OCC)Cc1cc(N=Cc3cccc([N+](=O)[O-])c3)cc(c1O)C2. The molecule has 0 saturated carbocycles. The number of phenols is 2. The van der Waals surface area contributed by atoms with Crippen molar-refractivity contribution in [2.24, 2.45) is 9.98 Å². The summed E-state index contributed by atoms with van der Waals surface area (Å²) in [5, 5.41) is 48.5. The number of nitrogens with zero attached hydrogens (tertiary/aromatic N) is 4. The molecule has 0 spiro atoms. The summed E-state index contributed by atoms with van der Waals surface area (Å²) in [7, 11) is 0. The van der Waals surface area contributed by atoms with E-state index in [2.05, 4.69) is 41.5 Å². The van der Waals surface area contributed by atoms with Gasteiger partial charge in [-0.3, -0.25) is 30.2 Å². The fourth-order valence-electron chi connectivity index (χ4n) is 8.67. The van der Waals surface area contributed by atoms with Crippen molar-refractivity contribution >= 4 is 47.1 Å². The number of carbonyl (C=O) groups excluding carboxylic acids is 2. The maximum absolute atomic E-state index is 13.0. The van der Waals surface area contributed by atoms with E-state index in [0.717, 1.165) is 11.1 Å². The van der Waals surface area contributed by atoms with E-state index in [1.807, 2.05) is 24.3 Å². The maximum Gasteiger partial charge on any atom is 0.344 e. The van der Waals surface area contributed by atoms with E-state index in [1.54, 1.807) is 62.4 Å². The first-order chi connectivity index (χ1) is 35.1. The van der Waals surface area contributed by atoms with Crippen LogP contribution in [-0.2, 0) is 55.6 Å². The van der Waals surface area contributed by atoms with Gasteiger partial charge in [0.15, 0.2) is 13.2 Å². The van der Waals surface area contributed by atoms with Gasteiger partial charge in [-0.25, -0.2) is 9.59 Å². The number of esters is 2. The van der Waals surface area contributed by atoms with Crippen LogP contribution in [0.4, 0.5) is 22.7 Å². The molecule has 0 unspecified atom stereocenters. The number of hydrogen-bond donors (Lipinski definition) is 2. The molecule has 1 aliphatic rings. The first kappa shape index (κ1) is 53.4. The number of rotatable bonds is 14. The number of phenolic OH excluding ortho intramolecular Hbond substituents is 2. The molecule has 0 atom stereocenters. The number of aliphatic imine (C=N–C) groups is 2. The molecular weight excluding hydrogens is 945 g/mol. The van der Waals surface area contributed by atoms with Gasteiger partial charge in [-0.15, -0.1) is 0 Å². The van der Waals surface area contributed by atoms with Gasteiger partial charge in [-0.1, -0.05) is 90.1 Å². The fourth-order valence-corrected chi connectivity index (χ4v) is 8.67. The van der Waals surface area contributed by atoms with Crippen molar-refractivity contribution in [1.82, 2.24) is 0 Å². The molecule has 0 heterocycles.